The summed E-state index contributed by atoms with van der Waals surface area (Å²) in [5.74, 6) is 1.68. The Morgan fingerprint density at radius 1 is 1.19 bits per heavy atom. The molecule has 0 fully saturated rings. The number of hydrogen-bond donors (Lipinski definition) is 1. The zero-order valence-corrected chi connectivity index (χ0v) is 17.4. The minimum Gasteiger partial charge on any atom is -0.466 e. The van der Waals surface area contributed by atoms with Crippen LogP contribution in [0.3, 0.4) is 0 Å². The van der Waals surface area contributed by atoms with Crippen LogP contribution in [-0.2, 0) is 9.59 Å². The number of thiazole rings is 1. The maximum absolute atomic E-state index is 12.2. The van der Waals surface area contributed by atoms with Gasteiger partial charge in [-0.15, -0.1) is 11.3 Å². The number of nitrogens with one attached hydrogen (secondary N) is 1. The van der Waals surface area contributed by atoms with E-state index in [2.05, 4.69) is 24.1 Å². The molecule has 27 heavy (non-hydrogen) atoms. The van der Waals surface area contributed by atoms with Crippen molar-refractivity contribution in [2.45, 2.75) is 59.8 Å². The van der Waals surface area contributed by atoms with Crippen molar-refractivity contribution in [2.24, 2.45) is 0 Å². The van der Waals surface area contributed by atoms with Gasteiger partial charge in [0, 0.05) is 36.9 Å². The van der Waals surface area contributed by atoms with Crippen molar-refractivity contribution >= 4 is 28.3 Å². The lowest BCUT2D eigenvalue weighted by Crippen LogP contribution is -2.32. The van der Waals surface area contributed by atoms with Crippen molar-refractivity contribution in [1.82, 2.24) is 9.88 Å². The molecule has 0 bridgehead atoms. The highest BCUT2D eigenvalue weighted by atomic mass is 32.1. The molecule has 0 aliphatic carbocycles. The minimum absolute atomic E-state index is 0.110. The molecule has 0 atom stereocenters. The molecule has 0 spiro atoms. The Balaban J connectivity index is 1.81. The van der Waals surface area contributed by atoms with Gasteiger partial charge in [-0.3, -0.25) is 9.59 Å². The molecule has 0 unspecified atom stereocenters. The van der Waals surface area contributed by atoms with Gasteiger partial charge in [-0.05, 0) is 39.2 Å². The second-order valence-electron chi connectivity index (χ2n) is 6.65. The highest BCUT2D eigenvalue weighted by Gasteiger charge is 2.14. The molecular formula is C20H29N3O3S. The summed E-state index contributed by atoms with van der Waals surface area (Å²) in [6.45, 7) is 9.50. The third kappa shape index (κ3) is 6.20. The molecule has 1 N–H and O–H groups in total. The van der Waals surface area contributed by atoms with Crippen LogP contribution in [0.4, 0.5) is 5.13 Å². The zero-order chi connectivity index (χ0) is 19.8. The first kappa shape index (κ1) is 21.2. The normalized spacial score (nSPS) is 10.8. The lowest BCUT2D eigenvalue weighted by molar-refractivity contribution is -0.131. The zero-order valence-electron chi connectivity index (χ0n) is 16.6. The molecule has 2 aromatic heterocycles. The molecule has 0 aromatic carbocycles. The minimum atomic E-state index is -0.110. The number of carbonyl (C=O) groups is 2. The molecule has 2 heterocycles. The molecule has 2 aromatic rings. The van der Waals surface area contributed by atoms with E-state index in [1.165, 1.54) is 11.3 Å². The standard InChI is InChI=1S/C20H29N3O3S/c1-5-10-23(11-6-2)19(25)9-7-8-18(24)22-20-21-17(13-27-20)16-12-14(3)26-15(16)4/h12-13H,5-11H2,1-4H3,(H,21,22,24). The number of nitrogens with zero attached hydrogens (tertiary/aromatic N) is 2. The molecule has 0 saturated heterocycles. The fraction of sp³-hybridized carbons (Fsp3) is 0.550. The number of furan rings is 1. The van der Waals surface area contributed by atoms with Crippen LogP contribution in [0.5, 0.6) is 0 Å². The Kier molecular flexibility index (Phi) is 8.03. The molecule has 0 saturated carbocycles. The van der Waals surface area contributed by atoms with Crippen LogP contribution in [0, 0.1) is 13.8 Å². The summed E-state index contributed by atoms with van der Waals surface area (Å²) in [7, 11) is 0. The summed E-state index contributed by atoms with van der Waals surface area (Å²) in [5, 5.41) is 5.30. The second-order valence-corrected chi connectivity index (χ2v) is 7.51. The summed E-state index contributed by atoms with van der Waals surface area (Å²) in [6.07, 6.45) is 3.18. The van der Waals surface area contributed by atoms with Crippen LogP contribution in [-0.4, -0.2) is 34.8 Å². The van der Waals surface area contributed by atoms with E-state index in [9.17, 15) is 9.59 Å². The van der Waals surface area contributed by atoms with E-state index in [0.717, 1.165) is 48.7 Å². The summed E-state index contributed by atoms with van der Waals surface area (Å²) >= 11 is 1.39. The van der Waals surface area contributed by atoms with E-state index in [1.807, 2.05) is 30.2 Å². The quantitative estimate of drug-likeness (QED) is 0.632. The first-order valence-electron chi connectivity index (χ1n) is 9.55. The number of carbonyl (C=O) groups excluding carboxylic acids is 2. The molecule has 0 aliphatic rings. The van der Waals surface area contributed by atoms with Gasteiger partial charge in [-0.25, -0.2) is 4.98 Å². The lowest BCUT2D eigenvalue weighted by Gasteiger charge is -2.21. The Morgan fingerprint density at radius 2 is 1.89 bits per heavy atom. The topological polar surface area (TPSA) is 75.4 Å². The molecule has 2 amide bonds. The molecule has 7 heteroatoms. The predicted octanol–water partition coefficient (Wildman–Crippen LogP) is 4.78. The summed E-state index contributed by atoms with van der Waals surface area (Å²) in [6, 6.07) is 1.94. The summed E-state index contributed by atoms with van der Waals surface area (Å²) in [5.41, 5.74) is 1.75. The van der Waals surface area contributed by atoms with E-state index < -0.39 is 0 Å². The number of aromatic nitrogens is 1. The monoisotopic (exact) mass is 391 g/mol. The third-order valence-corrected chi connectivity index (χ3v) is 4.96. The number of rotatable bonds is 10. The van der Waals surface area contributed by atoms with Gasteiger partial charge in [0.1, 0.15) is 11.5 Å². The first-order chi connectivity index (χ1) is 12.9. The molecular weight excluding hydrogens is 362 g/mol. The van der Waals surface area contributed by atoms with Gasteiger partial charge >= 0.3 is 0 Å². The van der Waals surface area contributed by atoms with Crippen molar-refractivity contribution in [3.8, 4) is 11.3 Å². The number of anilines is 1. The van der Waals surface area contributed by atoms with E-state index in [0.29, 0.717) is 24.4 Å². The first-order valence-corrected chi connectivity index (χ1v) is 10.4. The Labute approximate surface area is 165 Å². The SMILES string of the molecule is CCCN(CCC)C(=O)CCCC(=O)Nc1nc(-c2cc(C)oc2C)cs1. The van der Waals surface area contributed by atoms with Crippen LogP contribution >= 0.6 is 11.3 Å². The van der Waals surface area contributed by atoms with Crippen LogP contribution in [0.25, 0.3) is 11.3 Å². The smallest absolute Gasteiger partial charge is 0.226 e. The average molecular weight is 392 g/mol. The maximum Gasteiger partial charge on any atom is 0.226 e. The van der Waals surface area contributed by atoms with Gasteiger partial charge in [0.05, 0.1) is 5.69 Å². The van der Waals surface area contributed by atoms with Crippen molar-refractivity contribution < 1.29 is 14.0 Å². The second kappa shape index (κ2) is 10.3. The molecule has 0 radical (unpaired) electrons. The summed E-state index contributed by atoms with van der Waals surface area (Å²) in [4.78, 5) is 30.7. The average Bonchev–Trinajstić information content (AvgIpc) is 3.20. The van der Waals surface area contributed by atoms with Crippen molar-refractivity contribution in [1.29, 1.82) is 0 Å². The Hall–Kier alpha value is -2.15. The van der Waals surface area contributed by atoms with Gasteiger partial charge in [-0.1, -0.05) is 13.8 Å². The Morgan fingerprint density at radius 3 is 2.48 bits per heavy atom. The van der Waals surface area contributed by atoms with Gasteiger partial charge in [0.25, 0.3) is 0 Å². The largest absolute Gasteiger partial charge is 0.466 e. The van der Waals surface area contributed by atoms with Crippen LogP contribution in [0.15, 0.2) is 15.9 Å². The van der Waals surface area contributed by atoms with Crippen LogP contribution < -0.4 is 5.32 Å². The van der Waals surface area contributed by atoms with Crippen molar-refractivity contribution in [2.75, 3.05) is 18.4 Å². The highest BCUT2D eigenvalue weighted by Crippen LogP contribution is 2.29. The van der Waals surface area contributed by atoms with Gasteiger partial charge in [-0.2, -0.15) is 0 Å². The van der Waals surface area contributed by atoms with Crippen LogP contribution in [0.2, 0.25) is 0 Å². The molecule has 148 valence electrons. The summed E-state index contributed by atoms with van der Waals surface area (Å²) < 4.78 is 5.53. The van der Waals surface area contributed by atoms with Gasteiger partial charge < -0.3 is 14.6 Å². The van der Waals surface area contributed by atoms with Crippen molar-refractivity contribution in [3.63, 3.8) is 0 Å². The Bertz CT molecular complexity index is 760. The molecule has 2 rings (SSSR count). The number of hydrogen-bond acceptors (Lipinski definition) is 5. The molecule has 0 aliphatic heterocycles. The van der Waals surface area contributed by atoms with E-state index in [-0.39, 0.29) is 11.8 Å². The lowest BCUT2D eigenvalue weighted by atomic mass is 10.2. The number of amides is 2. The number of aryl methyl sites for hydroxylation is 2. The van der Waals surface area contributed by atoms with E-state index in [4.69, 9.17) is 4.42 Å². The third-order valence-electron chi connectivity index (χ3n) is 4.20. The maximum atomic E-state index is 12.2. The highest BCUT2D eigenvalue weighted by molar-refractivity contribution is 7.14. The van der Waals surface area contributed by atoms with Gasteiger partial charge in [0.2, 0.25) is 11.8 Å². The van der Waals surface area contributed by atoms with E-state index in [1.54, 1.807) is 0 Å². The fourth-order valence-electron chi connectivity index (χ4n) is 2.98. The van der Waals surface area contributed by atoms with E-state index >= 15 is 0 Å². The predicted molar refractivity (Wildman–Crippen MR) is 109 cm³/mol. The fourth-order valence-corrected chi connectivity index (χ4v) is 3.71. The molecule has 6 nitrogen and oxygen atoms in total. The van der Waals surface area contributed by atoms with Crippen molar-refractivity contribution in [3.05, 3.63) is 23.0 Å². The van der Waals surface area contributed by atoms with Gasteiger partial charge in [0.15, 0.2) is 5.13 Å². The van der Waals surface area contributed by atoms with Crippen LogP contribution in [0.1, 0.15) is 57.5 Å².